The van der Waals surface area contributed by atoms with Crippen LogP contribution in [0.25, 0.3) is 0 Å². The molecule has 0 aliphatic rings. The Labute approximate surface area is 172 Å². The van der Waals surface area contributed by atoms with Crippen LogP contribution in [-0.2, 0) is 6.54 Å². The minimum absolute atomic E-state index is 0.0146. The number of para-hydroxylation sites is 1. The predicted octanol–water partition coefficient (Wildman–Crippen LogP) is 3.07. The lowest BCUT2D eigenvalue weighted by molar-refractivity contribution is -0.386. The first-order valence-corrected chi connectivity index (χ1v) is 9.21. The number of benzene rings is 2. The molecule has 0 saturated carbocycles. The summed E-state index contributed by atoms with van der Waals surface area (Å²) >= 11 is 0. The van der Waals surface area contributed by atoms with Crippen molar-refractivity contribution in [1.29, 1.82) is 0 Å². The lowest BCUT2D eigenvalue weighted by Crippen LogP contribution is -2.21. The highest BCUT2D eigenvalue weighted by molar-refractivity contribution is 6.08. The first-order chi connectivity index (χ1) is 14.3. The molecule has 1 heterocycles. The summed E-state index contributed by atoms with van der Waals surface area (Å²) in [6.07, 6.45) is 0. The number of nitrogens with zero attached hydrogens (tertiary/aromatic N) is 3. The summed E-state index contributed by atoms with van der Waals surface area (Å²) in [5.74, 6) is -0.639. The van der Waals surface area contributed by atoms with Gasteiger partial charge in [-0.1, -0.05) is 24.3 Å². The number of amides is 2. The number of nitro groups is 1. The SMILES string of the molecule is CNC(=O)c1ccccc1NC(=O)c1ccc(Cn2nc(C)c([N+](=O)[O-])c2C)cc1. The fourth-order valence-corrected chi connectivity index (χ4v) is 3.16. The van der Waals surface area contributed by atoms with Crippen LogP contribution in [0.2, 0.25) is 0 Å². The summed E-state index contributed by atoms with van der Waals surface area (Å²) in [5, 5.41) is 20.7. The molecular weight excluding hydrogens is 386 g/mol. The lowest BCUT2D eigenvalue weighted by Gasteiger charge is -2.10. The Balaban J connectivity index is 1.75. The molecule has 0 aliphatic carbocycles. The van der Waals surface area contributed by atoms with Crippen LogP contribution in [0.1, 0.15) is 37.7 Å². The molecule has 0 radical (unpaired) electrons. The molecule has 0 saturated heterocycles. The number of hydrogen-bond donors (Lipinski definition) is 2. The van der Waals surface area contributed by atoms with Gasteiger partial charge in [0.15, 0.2) is 0 Å². The van der Waals surface area contributed by atoms with Crippen LogP contribution in [0, 0.1) is 24.0 Å². The van der Waals surface area contributed by atoms with Crippen LogP contribution < -0.4 is 10.6 Å². The van der Waals surface area contributed by atoms with Crippen molar-refractivity contribution < 1.29 is 14.5 Å². The van der Waals surface area contributed by atoms with Gasteiger partial charge in [-0.05, 0) is 43.7 Å². The first-order valence-electron chi connectivity index (χ1n) is 9.21. The maximum Gasteiger partial charge on any atom is 0.312 e. The first kappa shape index (κ1) is 20.7. The molecule has 9 nitrogen and oxygen atoms in total. The summed E-state index contributed by atoms with van der Waals surface area (Å²) < 4.78 is 1.57. The van der Waals surface area contributed by atoms with Crippen LogP contribution >= 0.6 is 0 Å². The molecule has 2 aromatic carbocycles. The largest absolute Gasteiger partial charge is 0.355 e. The standard InChI is InChI=1S/C21H21N5O4/c1-13-19(26(29)30)14(2)25(24-13)12-15-8-10-16(11-9-15)20(27)23-18-7-5-4-6-17(18)21(28)22-3/h4-11H,12H2,1-3H3,(H,22,28)(H,23,27). The molecule has 2 amide bonds. The van der Waals surface area contributed by atoms with Gasteiger partial charge in [-0.2, -0.15) is 5.10 Å². The van der Waals surface area contributed by atoms with Crippen molar-refractivity contribution >= 4 is 23.2 Å². The highest BCUT2D eigenvalue weighted by Crippen LogP contribution is 2.23. The van der Waals surface area contributed by atoms with E-state index < -0.39 is 4.92 Å². The smallest absolute Gasteiger partial charge is 0.312 e. The van der Waals surface area contributed by atoms with Crippen molar-refractivity contribution in [2.45, 2.75) is 20.4 Å². The summed E-state index contributed by atoms with van der Waals surface area (Å²) in [5.41, 5.74) is 2.91. The topological polar surface area (TPSA) is 119 Å². The highest BCUT2D eigenvalue weighted by atomic mass is 16.6. The van der Waals surface area contributed by atoms with Gasteiger partial charge in [0.05, 0.1) is 22.7 Å². The number of aryl methyl sites for hydroxylation is 1. The fourth-order valence-electron chi connectivity index (χ4n) is 3.16. The summed E-state index contributed by atoms with van der Waals surface area (Å²) in [6.45, 7) is 3.61. The van der Waals surface area contributed by atoms with Crippen LogP contribution in [-0.4, -0.2) is 33.6 Å². The van der Waals surface area contributed by atoms with E-state index in [2.05, 4.69) is 15.7 Å². The highest BCUT2D eigenvalue weighted by Gasteiger charge is 2.21. The van der Waals surface area contributed by atoms with E-state index in [1.54, 1.807) is 67.1 Å². The zero-order valence-electron chi connectivity index (χ0n) is 16.8. The van der Waals surface area contributed by atoms with Crippen molar-refractivity contribution in [1.82, 2.24) is 15.1 Å². The number of carbonyl (C=O) groups excluding carboxylic acids is 2. The number of aromatic nitrogens is 2. The molecule has 0 aliphatic heterocycles. The molecule has 30 heavy (non-hydrogen) atoms. The molecule has 0 fully saturated rings. The van der Waals surface area contributed by atoms with Gasteiger partial charge in [-0.3, -0.25) is 24.4 Å². The third-order valence-electron chi connectivity index (χ3n) is 4.72. The molecule has 154 valence electrons. The van der Waals surface area contributed by atoms with Gasteiger partial charge in [0.1, 0.15) is 11.4 Å². The second-order valence-electron chi connectivity index (χ2n) is 6.71. The summed E-state index contributed by atoms with van der Waals surface area (Å²) in [4.78, 5) is 35.3. The monoisotopic (exact) mass is 407 g/mol. The summed E-state index contributed by atoms with van der Waals surface area (Å²) in [6, 6.07) is 13.6. The molecule has 0 bridgehead atoms. The Morgan fingerprint density at radius 1 is 1.07 bits per heavy atom. The van der Waals surface area contributed by atoms with E-state index in [-0.39, 0.29) is 17.5 Å². The third-order valence-corrected chi connectivity index (χ3v) is 4.72. The predicted molar refractivity (Wildman–Crippen MR) is 112 cm³/mol. The molecule has 3 aromatic rings. The minimum atomic E-state index is -0.432. The zero-order valence-corrected chi connectivity index (χ0v) is 16.8. The molecule has 0 atom stereocenters. The Morgan fingerprint density at radius 3 is 2.33 bits per heavy atom. The maximum absolute atomic E-state index is 12.6. The molecular formula is C21H21N5O4. The van der Waals surface area contributed by atoms with Crippen LogP contribution in [0.5, 0.6) is 0 Å². The third kappa shape index (κ3) is 4.19. The molecule has 0 spiro atoms. The van der Waals surface area contributed by atoms with Crippen molar-refractivity contribution in [2.75, 3.05) is 12.4 Å². The van der Waals surface area contributed by atoms with E-state index in [1.807, 2.05) is 0 Å². The molecule has 1 aromatic heterocycles. The van der Waals surface area contributed by atoms with E-state index in [9.17, 15) is 19.7 Å². The average Bonchev–Trinajstić information content (AvgIpc) is 3.01. The van der Waals surface area contributed by atoms with Crippen LogP contribution in [0.3, 0.4) is 0 Å². The number of nitrogens with one attached hydrogen (secondary N) is 2. The fraction of sp³-hybridized carbons (Fsp3) is 0.190. The van der Waals surface area contributed by atoms with E-state index in [0.29, 0.717) is 34.7 Å². The van der Waals surface area contributed by atoms with E-state index in [4.69, 9.17) is 0 Å². The number of hydrogen-bond acceptors (Lipinski definition) is 5. The van der Waals surface area contributed by atoms with Gasteiger partial charge < -0.3 is 10.6 Å². The molecule has 9 heteroatoms. The molecule has 0 unspecified atom stereocenters. The lowest BCUT2D eigenvalue weighted by atomic mass is 10.1. The quantitative estimate of drug-likeness (QED) is 0.481. The van der Waals surface area contributed by atoms with Gasteiger partial charge in [0.2, 0.25) is 0 Å². The van der Waals surface area contributed by atoms with Crippen molar-refractivity contribution in [3.63, 3.8) is 0 Å². The van der Waals surface area contributed by atoms with Crippen LogP contribution in [0.4, 0.5) is 11.4 Å². The van der Waals surface area contributed by atoms with Crippen molar-refractivity contribution in [2.24, 2.45) is 0 Å². The Hall–Kier alpha value is -4.01. The van der Waals surface area contributed by atoms with E-state index >= 15 is 0 Å². The van der Waals surface area contributed by atoms with E-state index in [1.165, 1.54) is 7.05 Å². The van der Waals surface area contributed by atoms with Gasteiger partial charge in [-0.25, -0.2) is 0 Å². The number of carbonyl (C=O) groups is 2. The summed E-state index contributed by atoms with van der Waals surface area (Å²) in [7, 11) is 1.52. The normalized spacial score (nSPS) is 10.5. The minimum Gasteiger partial charge on any atom is -0.355 e. The van der Waals surface area contributed by atoms with Gasteiger partial charge >= 0.3 is 5.69 Å². The zero-order chi connectivity index (χ0) is 21.8. The van der Waals surface area contributed by atoms with Crippen molar-refractivity contribution in [3.8, 4) is 0 Å². The number of rotatable bonds is 6. The molecule has 2 N–H and O–H groups in total. The van der Waals surface area contributed by atoms with Gasteiger partial charge in [0.25, 0.3) is 11.8 Å². The second-order valence-corrected chi connectivity index (χ2v) is 6.71. The Kier molecular flexibility index (Phi) is 5.91. The van der Waals surface area contributed by atoms with Gasteiger partial charge in [-0.15, -0.1) is 0 Å². The second kappa shape index (κ2) is 8.56. The van der Waals surface area contributed by atoms with Crippen molar-refractivity contribution in [3.05, 3.63) is 86.7 Å². The Morgan fingerprint density at radius 2 is 1.73 bits per heavy atom. The Bertz CT molecular complexity index is 1120. The molecule has 3 rings (SSSR count). The number of anilines is 1. The average molecular weight is 407 g/mol. The van der Waals surface area contributed by atoms with Crippen LogP contribution in [0.15, 0.2) is 48.5 Å². The maximum atomic E-state index is 12.6. The van der Waals surface area contributed by atoms with E-state index in [0.717, 1.165) is 5.56 Å². The van der Waals surface area contributed by atoms with Gasteiger partial charge in [0, 0.05) is 12.6 Å².